The Balaban J connectivity index is 1.97. The van der Waals surface area contributed by atoms with Gasteiger partial charge in [-0.1, -0.05) is 40.2 Å². The van der Waals surface area contributed by atoms with E-state index in [4.69, 9.17) is 5.73 Å². The molecule has 4 heteroatoms. The molecule has 0 aliphatic carbocycles. The maximum absolute atomic E-state index is 5.74. The smallest absolute Gasteiger partial charge is 0.180 e. The molecule has 0 unspecified atom stereocenters. The summed E-state index contributed by atoms with van der Waals surface area (Å²) in [6.45, 7) is 2.01. The van der Waals surface area contributed by atoms with Gasteiger partial charge in [-0.25, -0.2) is 4.98 Å². The average molecular weight is 333 g/mol. The van der Waals surface area contributed by atoms with Gasteiger partial charge in [0.25, 0.3) is 0 Å². The van der Waals surface area contributed by atoms with Gasteiger partial charge in [0.2, 0.25) is 0 Å². The monoisotopic (exact) mass is 332 g/mol. The average Bonchev–Trinajstić information content (AvgIpc) is 2.68. The van der Waals surface area contributed by atoms with Gasteiger partial charge in [-0.3, -0.25) is 0 Å². The minimum Gasteiger partial charge on any atom is -0.375 e. The van der Waals surface area contributed by atoms with Crippen LogP contribution in [0.25, 0.3) is 10.8 Å². The Bertz CT molecular complexity index is 749. The van der Waals surface area contributed by atoms with Crippen LogP contribution in [0.2, 0.25) is 0 Å². The first-order valence-corrected chi connectivity index (χ1v) is 7.63. The zero-order chi connectivity index (χ0) is 13.4. The Morgan fingerprint density at radius 1 is 1.16 bits per heavy atom. The molecule has 2 N–H and O–H groups in total. The predicted octanol–water partition coefficient (Wildman–Crippen LogP) is 4.54. The molecular formula is C15H13BrN2S. The van der Waals surface area contributed by atoms with E-state index in [-0.39, 0.29) is 0 Å². The van der Waals surface area contributed by atoms with Gasteiger partial charge in [0.1, 0.15) is 0 Å². The molecule has 2 nitrogen and oxygen atoms in total. The molecule has 3 aromatic rings. The molecule has 19 heavy (non-hydrogen) atoms. The van der Waals surface area contributed by atoms with E-state index in [0.29, 0.717) is 5.13 Å². The second-order valence-electron chi connectivity index (χ2n) is 4.56. The third-order valence-electron chi connectivity index (χ3n) is 3.14. The predicted molar refractivity (Wildman–Crippen MR) is 85.7 cm³/mol. The number of hydrogen-bond acceptors (Lipinski definition) is 3. The minimum absolute atomic E-state index is 0.650. The lowest BCUT2D eigenvalue weighted by Crippen LogP contribution is -1.88. The summed E-state index contributed by atoms with van der Waals surface area (Å²) < 4.78 is 1.11. The molecule has 0 saturated heterocycles. The van der Waals surface area contributed by atoms with Gasteiger partial charge in [0.05, 0.1) is 5.69 Å². The first kappa shape index (κ1) is 12.6. The van der Waals surface area contributed by atoms with Crippen LogP contribution in [0.3, 0.4) is 0 Å². The van der Waals surface area contributed by atoms with E-state index in [1.165, 1.54) is 21.2 Å². The van der Waals surface area contributed by atoms with Gasteiger partial charge in [-0.05, 0) is 35.4 Å². The van der Waals surface area contributed by atoms with Crippen molar-refractivity contribution < 1.29 is 0 Å². The highest BCUT2D eigenvalue weighted by Crippen LogP contribution is 2.26. The second kappa shape index (κ2) is 4.94. The highest BCUT2D eigenvalue weighted by Gasteiger charge is 2.06. The molecule has 1 heterocycles. The van der Waals surface area contributed by atoms with Crippen molar-refractivity contribution in [3.05, 3.63) is 57.0 Å². The van der Waals surface area contributed by atoms with Gasteiger partial charge >= 0.3 is 0 Å². The fourth-order valence-electron chi connectivity index (χ4n) is 2.18. The molecule has 0 atom stereocenters. The van der Waals surface area contributed by atoms with Gasteiger partial charge in [0.15, 0.2) is 5.13 Å². The number of nitrogen functional groups attached to an aromatic ring is 1. The number of rotatable bonds is 2. The Kier molecular flexibility index (Phi) is 3.29. The van der Waals surface area contributed by atoms with Crippen molar-refractivity contribution in [2.24, 2.45) is 0 Å². The molecular weight excluding hydrogens is 320 g/mol. The molecule has 0 aliphatic rings. The van der Waals surface area contributed by atoms with Crippen molar-refractivity contribution in [1.29, 1.82) is 0 Å². The third kappa shape index (κ3) is 2.65. The first-order valence-electron chi connectivity index (χ1n) is 6.02. The van der Waals surface area contributed by atoms with Crippen LogP contribution in [0.5, 0.6) is 0 Å². The summed E-state index contributed by atoms with van der Waals surface area (Å²) in [4.78, 5) is 5.52. The third-order valence-corrected chi connectivity index (χ3v) is 4.62. The van der Waals surface area contributed by atoms with Crippen LogP contribution in [0.15, 0.2) is 40.9 Å². The van der Waals surface area contributed by atoms with Crippen molar-refractivity contribution in [2.45, 2.75) is 13.3 Å². The number of anilines is 1. The Morgan fingerprint density at radius 2 is 1.89 bits per heavy atom. The fourth-order valence-corrected chi connectivity index (χ4v) is 3.42. The Morgan fingerprint density at radius 3 is 2.63 bits per heavy atom. The zero-order valence-corrected chi connectivity index (χ0v) is 12.9. The standard InChI is InChI=1S/C15H13BrN2S/c1-9-14(19-15(17)18-9)7-10-2-3-12-8-13(16)5-4-11(12)6-10/h2-6,8H,7H2,1H3,(H2,17,18). The molecule has 0 aliphatic heterocycles. The van der Waals surface area contributed by atoms with E-state index in [0.717, 1.165) is 16.6 Å². The van der Waals surface area contributed by atoms with E-state index >= 15 is 0 Å². The van der Waals surface area contributed by atoms with Crippen LogP contribution in [-0.2, 0) is 6.42 Å². The van der Waals surface area contributed by atoms with Crippen molar-refractivity contribution in [1.82, 2.24) is 4.98 Å². The molecule has 96 valence electrons. The van der Waals surface area contributed by atoms with E-state index < -0.39 is 0 Å². The van der Waals surface area contributed by atoms with Crippen molar-refractivity contribution >= 4 is 43.2 Å². The zero-order valence-electron chi connectivity index (χ0n) is 10.5. The van der Waals surface area contributed by atoms with Gasteiger partial charge in [-0.2, -0.15) is 0 Å². The van der Waals surface area contributed by atoms with Crippen LogP contribution in [0.1, 0.15) is 16.1 Å². The van der Waals surface area contributed by atoms with Crippen molar-refractivity contribution in [3.8, 4) is 0 Å². The maximum Gasteiger partial charge on any atom is 0.180 e. The number of aromatic nitrogens is 1. The molecule has 0 bridgehead atoms. The summed E-state index contributed by atoms with van der Waals surface area (Å²) in [5.41, 5.74) is 8.08. The van der Waals surface area contributed by atoms with E-state index in [9.17, 15) is 0 Å². The summed E-state index contributed by atoms with van der Waals surface area (Å²) in [6, 6.07) is 12.9. The highest BCUT2D eigenvalue weighted by molar-refractivity contribution is 9.10. The topological polar surface area (TPSA) is 38.9 Å². The molecule has 3 rings (SSSR count). The summed E-state index contributed by atoms with van der Waals surface area (Å²) >= 11 is 5.07. The maximum atomic E-state index is 5.74. The number of halogens is 1. The number of thiazole rings is 1. The Hall–Kier alpha value is -1.39. The van der Waals surface area contributed by atoms with Crippen LogP contribution >= 0.6 is 27.3 Å². The number of fused-ring (bicyclic) bond motifs is 1. The van der Waals surface area contributed by atoms with Gasteiger partial charge < -0.3 is 5.73 Å². The van der Waals surface area contributed by atoms with Crippen molar-refractivity contribution in [2.75, 3.05) is 5.73 Å². The largest absolute Gasteiger partial charge is 0.375 e. The van der Waals surface area contributed by atoms with E-state index in [2.05, 4.69) is 57.3 Å². The molecule has 0 amide bonds. The number of benzene rings is 2. The van der Waals surface area contributed by atoms with Crippen LogP contribution in [-0.4, -0.2) is 4.98 Å². The summed E-state index contributed by atoms with van der Waals surface area (Å²) in [5.74, 6) is 0. The first-order chi connectivity index (χ1) is 9.11. The number of nitrogens with two attached hydrogens (primary N) is 1. The SMILES string of the molecule is Cc1nc(N)sc1Cc1ccc2cc(Br)ccc2c1. The minimum atomic E-state index is 0.650. The van der Waals surface area contributed by atoms with Crippen LogP contribution in [0.4, 0.5) is 5.13 Å². The lowest BCUT2D eigenvalue weighted by atomic mass is 10.0. The molecule has 2 aromatic carbocycles. The van der Waals surface area contributed by atoms with Crippen LogP contribution < -0.4 is 5.73 Å². The highest BCUT2D eigenvalue weighted by atomic mass is 79.9. The lowest BCUT2D eigenvalue weighted by Gasteiger charge is -2.03. The second-order valence-corrected chi connectivity index (χ2v) is 6.59. The number of hydrogen-bond donors (Lipinski definition) is 1. The number of aryl methyl sites for hydroxylation is 1. The quantitative estimate of drug-likeness (QED) is 0.748. The normalized spacial score (nSPS) is 11.1. The van der Waals surface area contributed by atoms with E-state index in [1.807, 2.05) is 6.92 Å². The molecule has 0 spiro atoms. The molecule has 0 radical (unpaired) electrons. The molecule has 0 fully saturated rings. The summed E-state index contributed by atoms with van der Waals surface area (Å²) in [5, 5.41) is 3.16. The summed E-state index contributed by atoms with van der Waals surface area (Å²) in [6.07, 6.45) is 0.896. The van der Waals surface area contributed by atoms with E-state index in [1.54, 1.807) is 11.3 Å². The summed E-state index contributed by atoms with van der Waals surface area (Å²) in [7, 11) is 0. The van der Waals surface area contributed by atoms with Crippen molar-refractivity contribution in [3.63, 3.8) is 0 Å². The fraction of sp³-hybridized carbons (Fsp3) is 0.133. The molecule has 1 aromatic heterocycles. The molecule has 0 saturated carbocycles. The lowest BCUT2D eigenvalue weighted by molar-refractivity contribution is 1.15. The van der Waals surface area contributed by atoms with Crippen LogP contribution in [0, 0.1) is 6.92 Å². The van der Waals surface area contributed by atoms with Gasteiger partial charge in [-0.15, -0.1) is 11.3 Å². The Labute approximate surface area is 124 Å². The van der Waals surface area contributed by atoms with Gasteiger partial charge in [0, 0.05) is 15.8 Å². The number of nitrogens with zero attached hydrogens (tertiary/aromatic N) is 1.